The number of halogens is 6. The van der Waals surface area contributed by atoms with Crippen molar-refractivity contribution in [2.24, 2.45) is 7.05 Å². The Hall–Kier alpha value is -4.18. The molecule has 37 heavy (non-hydrogen) atoms. The summed E-state index contributed by atoms with van der Waals surface area (Å²) in [5.41, 5.74) is -1.69. The van der Waals surface area contributed by atoms with Crippen LogP contribution in [-0.2, 0) is 13.2 Å². The smallest absolute Gasteiger partial charge is 0.408 e. The molecule has 14 heteroatoms. The number of nitrogens with one attached hydrogen (secondary N) is 1. The van der Waals surface area contributed by atoms with Crippen LogP contribution in [0.2, 0.25) is 5.02 Å². The van der Waals surface area contributed by atoms with Crippen molar-refractivity contribution >= 4 is 17.5 Å². The molecule has 1 aromatic carbocycles. The van der Waals surface area contributed by atoms with E-state index in [2.05, 4.69) is 26.8 Å². The average Bonchev–Trinajstić information content (AvgIpc) is 3.29. The lowest BCUT2D eigenvalue weighted by Gasteiger charge is -2.11. The number of nitriles is 1. The predicted molar refractivity (Wildman–Crippen MR) is 121 cm³/mol. The molecule has 0 atom stereocenters. The highest BCUT2D eigenvalue weighted by atomic mass is 35.5. The van der Waals surface area contributed by atoms with Crippen molar-refractivity contribution in [1.82, 2.24) is 24.9 Å². The molecule has 8 nitrogen and oxygen atoms in total. The van der Waals surface area contributed by atoms with Gasteiger partial charge in [0.05, 0.1) is 22.9 Å². The third kappa shape index (κ3) is 5.05. The van der Waals surface area contributed by atoms with Gasteiger partial charge < -0.3 is 10.1 Å². The van der Waals surface area contributed by atoms with Crippen molar-refractivity contribution in [3.05, 3.63) is 71.2 Å². The number of benzene rings is 1. The predicted octanol–water partition coefficient (Wildman–Crippen LogP) is 5.40. The third-order valence-corrected chi connectivity index (χ3v) is 5.81. The fourth-order valence-electron chi connectivity index (χ4n) is 3.43. The molecule has 0 bridgehead atoms. The maximum atomic E-state index is 13.9. The van der Waals surface area contributed by atoms with Crippen LogP contribution in [0.5, 0.6) is 5.88 Å². The van der Waals surface area contributed by atoms with Gasteiger partial charge in [0.2, 0.25) is 0 Å². The fraction of sp³-hybridized carbons (Fsp3) is 0.217. The molecule has 1 fully saturated rings. The van der Waals surface area contributed by atoms with E-state index in [-0.39, 0.29) is 10.6 Å². The normalized spacial score (nSPS) is 15.0. The van der Waals surface area contributed by atoms with Crippen LogP contribution in [0.1, 0.15) is 28.8 Å². The van der Waals surface area contributed by atoms with Crippen LogP contribution in [0.3, 0.4) is 0 Å². The molecular weight excluding hydrogens is 523 g/mol. The summed E-state index contributed by atoms with van der Waals surface area (Å²) < 4.78 is 74.9. The van der Waals surface area contributed by atoms with Crippen molar-refractivity contribution in [2.75, 3.05) is 0 Å². The second-order valence-electron chi connectivity index (χ2n) is 8.07. The highest BCUT2D eigenvalue weighted by Gasteiger charge is 2.45. The Labute approximate surface area is 211 Å². The summed E-state index contributed by atoms with van der Waals surface area (Å²) in [6.45, 7) is 2.98. The summed E-state index contributed by atoms with van der Waals surface area (Å²) in [6.07, 6.45) is -1.18. The number of hydrogen-bond donors (Lipinski definition) is 1. The van der Waals surface area contributed by atoms with Gasteiger partial charge in [-0.05, 0) is 36.6 Å². The topological polar surface area (TPSA) is 97.8 Å². The van der Waals surface area contributed by atoms with Crippen molar-refractivity contribution < 1.29 is 31.5 Å². The lowest BCUT2D eigenvalue weighted by Crippen LogP contribution is -2.35. The van der Waals surface area contributed by atoms with Crippen LogP contribution in [0.4, 0.5) is 22.0 Å². The van der Waals surface area contributed by atoms with E-state index in [1.165, 1.54) is 30.6 Å². The van der Waals surface area contributed by atoms with Gasteiger partial charge in [0.1, 0.15) is 5.54 Å². The first-order valence-corrected chi connectivity index (χ1v) is 10.9. The second-order valence-corrected chi connectivity index (χ2v) is 8.48. The minimum absolute atomic E-state index is 0.0622. The van der Waals surface area contributed by atoms with Crippen LogP contribution in [0.15, 0.2) is 55.1 Å². The van der Waals surface area contributed by atoms with Gasteiger partial charge in [-0.1, -0.05) is 24.2 Å². The molecule has 2 aromatic heterocycles. The zero-order valence-corrected chi connectivity index (χ0v) is 19.7. The summed E-state index contributed by atoms with van der Waals surface area (Å²) in [6, 6.07) is 4.46. The molecule has 1 amide bonds. The molecular formula is C23H16ClF5N6O2. The van der Waals surface area contributed by atoms with E-state index in [1.807, 2.05) is 6.07 Å². The lowest BCUT2D eigenvalue weighted by atomic mass is 10.1. The Balaban J connectivity index is 1.72. The van der Waals surface area contributed by atoms with E-state index in [9.17, 15) is 32.0 Å². The summed E-state index contributed by atoms with van der Waals surface area (Å²) in [4.78, 5) is 12.7. The first kappa shape index (κ1) is 25.9. The molecule has 0 saturated heterocycles. The average molecular weight is 539 g/mol. The van der Waals surface area contributed by atoms with Crippen LogP contribution in [-0.4, -0.2) is 31.0 Å². The van der Waals surface area contributed by atoms with E-state index in [1.54, 1.807) is 0 Å². The first-order chi connectivity index (χ1) is 17.4. The van der Waals surface area contributed by atoms with Gasteiger partial charge in [-0.2, -0.15) is 27.9 Å². The molecule has 0 aliphatic heterocycles. The molecule has 2 heterocycles. The molecule has 0 radical (unpaired) electrons. The van der Waals surface area contributed by atoms with Crippen molar-refractivity contribution in [3.8, 4) is 28.9 Å². The molecule has 1 aliphatic carbocycles. The quantitative estimate of drug-likeness (QED) is 0.247. The fourth-order valence-corrected chi connectivity index (χ4v) is 3.63. The maximum absolute atomic E-state index is 13.9. The highest BCUT2D eigenvalue weighted by Crippen LogP contribution is 2.41. The number of hydrogen-bond acceptors (Lipinski definition) is 5. The SMILES string of the molecule is C=C/C(F)=C(\F)Oc1nn(C)c(-n2cc(-c3ccc(Cl)c(C(=O)NC4(C#N)CC4)c3)cn2)c1C(F)(F)F. The molecule has 3 aromatic rings. The molecule has 1 saturated carbocycles. The number of aryl methyl sites for hydroxylation is 1. The van der Waals surface area contributed by atoms with E-state index in [0.717, 1.165) is 16.4 Å². The highest BCUT2D eigenvalue weighted by molar-refractivity contribution is 6.34. The summed E-state index contributed by atoms with van der Waals surface area (Å²) in [5, 5.41) is 19.4. The van der Waals surface area contributed by atoms with Crippen molar-refractivity contribution in [2.45, 2.75) is 24.6 Å². The Bertz CT molecular complexity index is 1480. The van der Waals surface area contributed by atoms with Gasteiger partial charge in [-0.15, -0.1) is 5.10 Å². The van der Waals surface area contributed by atoms with Gasteiger partial charge >= 0.3 is 12.2 Å². The third-order valence-electron chi connectivity index (χ3n) is 5.48. The Morgan fingerprint density at radius 3 is 2.62 bits per heavy atom. The zero-order valence-electron chi connectivity index (χ0n) is 18.9. The minimum Gasteiger partial charge on any atom is -0.408 e. The number of alkyl halides is 3. The number of carbonyl (C=O) groups is 1. The Kier molecular flexibility index (Phi) is 6.55. The number of nitrogens with zero attached hydrogens (tertiary/aromatic N) is 5. The molecule has 4 rings (SSSR count). The molecule has 192 valence electrons. The van der Waals surface area contributed by atoms with Gasteiger partial charge in [-0.3, -0.25) is 4.79 Å². The largest absolute Gasteiger partial charge is 0.425 e. The number of rotatable bonds is 7. The van der Waals surface area contributed by atoms with Crippen molar-refractivity contribution in [3.63, 3.8) is 0 Å². The van der Waals surface area contributed by atoms with Crippen LogP contribution < -0.4 is 10.1 Å². The molecule has 0 spiro atoms. The lowest BCUT2D eigenvalue weighted by molar-refractivity contribution is -0.138. The standard InChI is InChI=1S/C23H16ClF5N6O2/c1-3-16(25)18(26)37-20-17(23(27,28)29)21(34(2)33-20)35-10-13(9-31-35)12-4-5-15(24)14(8-12)19(36)32-22(11-30)6-7-22/h3-5,8-10H,1,6-7H2,2H3,(H,32,36)/b18-16-. The van der Waals surface area contributed by atoms with Crippen LogP contribution in [0.25, 0.3) is 16.9 Å². The zero-order chi connectivity index (χ0) is 27.1. The van der Waals surface area contributed by atoms with E-state index in [0.29, 0.717) is 30.0 Å². The minimum atomic E-state index is -5.08. The van der Waals surface area contributed by atoms with Gasteiger partial charge in [0.25, 0.3) is 11.8 Å². The van der Waals surface area contributed by atoms with Crippen LogP contribution in [0, 0.1) is 11.3 Å². The number of amides is 1. The number of aromatic nitrogens is 4. The number of carbonyl (C=O) groups excluding carboxylic acids is 1. The summed E-state index contributed by atoms with van der Waals surface area (Å²) in [7, 11) is 1.14. The van der Waals surface area contributed by atoms with E-state index in [4.69, 9.17) is 11.6 Å². The van der Waals surface area contributed by atoms with Gasteiger partial charge in [0.15, 0.2) is 17.2 Å². The summed E-state index contributed by atoms with van der Waals surface area (Å²) >= 11 is 6.16. The molecule has 1 N–H and O–H groups in total. The van der Waals surface area contributed by atoms with Gasteiger partial charge in [-0.25, -0.2) is 13.8 Å². The molecule has 1 aliphatic rings. The molecule has 0 unspecified atom stereocenters. The van der Waals surface area contributed by atoms with Crippen LogP contribution >= 0.6 is 11.6 Å². The van der Waals surface area contributed by atoms with Crippen molar-refractivity contribution in [1.29, 1.82) is 5.26 Å². The van der Waals surface area contributed by atoms with Gasteiger partial charge in [0, 0.05) is 18.8 Å². The maximum Gasteiger partial charge on any atom is 0.425 e. The summed E-state index contributed by atoms with van der Waals surface area (Å²) in [5.74, 6) is -4.05. The number of allylic oxidation sites excluding steroid dienone is 2. The van der Waals surface area contributed by atoms with E-state index < -0.39 is 46.7 Å². The monoisotopic (exact) mass is 538 g/mol. The second kappa shape index (κ2) is 9.36. The Morgan fingerprint density at radius 1 is 1.32 bits per heavy atom. The first-order valence-electron chi connectivity index (χ1n) is 10.5. The Morgan fingerprint density at radius 2 is 2.03 bits per heavy atom. The van der Waals surface area contributed by atoms with E-state index >= 15 is 0 Å². The number of ether oxygens (including phenoxy) is 1.